The highest BCUT2D eigenvalue weighted by Gasteiger charge is 2.21. The van der Waals surface area contributed by atoms with Crippen molar-refractivity contribution in [2.24, 2.45) is 0 Å². The van der Waals surface area contributed by atoms with E-state index in [1.807, 2.05) is 33.9 Å². The molecule has 1 nitrogen and oxygen atoms in total. The first-order valence-corrected chi connectivity index (χ1v) is 7.29. The second kappa shape index (κ2) is 6.71. The van der Waals surface area contributed by atoms with Crippen molar-refractivity contribution in [2.45, 2.75) is 58.4 Å². The summed E-state index contributed by atoms with van der Waals surface area (Å²) < 4.78 is 14.0. The van der Waals surface area contributed by atoms with Crippen LogP contribution < -0.4 is 5.32 Å². The number of rotatable bonds is 5. The van der Waals surface area contributed by atoms with Gasteiger partial charge in [0.15, 0.2) is 0 Å². The van der Waals surface area contributed by atoms with Crippen LogP contribution in [0.3, 0.4) is 0 Å². The van der Waals surface area contributed by atoms with Crippen molar-refractivity contribution in [1.29, 1.82) is 0 Å². The minimum atomic E-state index is -0.276. The Morgan fingerprint density at radius 3 is 2.47 bits per heavy atom. The van der Waals surface area contributed by atoms with Crippen LogP contribution >= 0.6 is 11.6 Å². The second-order valence-corrected chi connectivity index (χ2v) is 6.68. The number of nitrogens with one attached hydrogen (secondary N) is 1. The van der Waals surface area contributed by atoms with Crippen LogP contribution in [0.2, 0.25) is 5.02 Å². The van der Waals surface area contributed by atoms with E-state index in [1.54, 1.807) is 6.07 Å². The van der Waals surface area contributed by atoms with Crippen LogP contribution in [0.25, 0.3) is 0 Å². The SMILES string of the molecule is CN[C@@H](C)CCCc1cc(Cl)c(F)c(C(C)(C)C)c1. The highest BCUT2D eigenvalue weighted by Crippen LogP contribution is 2.31. The number of hydrogen-bond acceptors (Lipinski definition) is 1. The summed E-state index contributed by atoms with van der Waals surface area (Å²) in [6, 6.07) is 4.24. The van der Waals surface area contributed by atoms with Crippen LogP contribution in [0, 0.1) is 5.82 Å². The maximum Gasteiger partial charge on any atom is 0.145 e. The molecule has 0 aliphatic carbocycles. The van der Waals surface area contributed by atoms with Crippen molar-refractivity contribution in [3.63, 3.8) is 0 Å². The van der Waals surface area contributed by atoms with Crippen LogP contribution in [0.1, 0.15) is 51.7 Å². The van der Waals surface area contributed by atoms with E-state index in [9.17, 15) is 4.39 Å². The molecule has 1 rings (SSSR count). The molecule has 0 aliphatic heterocycles. The Morgan fingerprint density at radius 2 is 1.95 bits per heavy atom. The molecule has 0 saturated heterocycles. The van der Waals surface area contributed by atoms with E-state index in [1.165, 1.54) is 0 Å². The van der Waals surface area contributed by atoms with E-state index >= 15 is 0 Å². The van der Waals surface area contributed by atoms with Gasteiger partial charge in [-0.1, -0.05) is 38.4 Å². The lowest BCUT2D eigenvalue weighted by atomic mass is 9.85. The summed E-state index contributed by atoms with van der Waals surface area (Å²) in [4.78, 5) is 0. The van der Waals surface area contributed by atoms with E-state index in [0.717, 1.165) is 24.8 Å². The van der Waals surface area contributed by atoms with Crippen molar-refractivity contribution in [2.75, 3.05) is 7.05 Å². The normalized spacial score (nSPS) is 13.6. The Hall–Kier alpha value is -0.600. The Balaban J connectivity index is 2.83. The summed E-state index contributed by atoms with van der Waals surface area (Å²) in [6.45, 7) is 8.19. The summed E-state index contributed by atoms with van der Waals surface area (Å²) in [6.07, 6.45) is 3.12. The molecule has 1 N–H and O–H groups in total. The lowest BCUT2D eigenvalue weighted by Gasteiger charge is -2.21. The molecule has 0 radical (unpaired) electrons. The Kier molecular flexibility index (Phi) is 5.82. The molecule has 0 aliphatic rings. The number of hydrogen-bond donors (Lipinski definition) is 1. The number of benzene rings is 1. The topological polar surface area (TPSA) is 12.0 Å². The van der Waals surface area contributed by atoms with Gasteiger partial charge in [-0.3, -0.25) is 0 Å². The van der Waals surface area contributed by atoms with E-state index in [2.05, 4.69) is 12.2 Å². The average molecular weight is 286 g/mol. The van der Waals surface area contributed by atoms with Gasteiger partial charge in [0.2, 0.25) is 0 Å². The zero-order valence-corrected chi connectivity index (χ0v) is 13.4. The largest absolute Gasteiger partial charge is 0.317 e. The molecule has 0 unspecified atom stereocenters. The van der Waals surface area contributed by atoms with Crippen LogP contribution in [-0.2, 0) is 11.8 Å². The van der Waals surface area contributed by atoms with Gasteiger partial charge in [-0.15, -0.1) is 0 Å². The zero-order valence-electron chi connectivity index (χ0n) is 12.6. The first-order valence-electron chi connectivity index (χ1n) is 6.91. The number of halogens is 2. The second-order valence-electron chi connectivity index (χ2n) is 6.27. The molecule has 1 atom stereocenters. The molecule has 0 bridgehead atoms. The fourth-order valence-corrected chi connectivity index (χ4v) is 2.33. The predicted molar refractivity (Wildman–Crippen MR) is 81.6 cm³/mol. The highest BCUT2D eigenvalue weighted by molar-refractivity contribution is 6.30. The van der Waals surface area contributed by atoms with Gasteiger partial charge < -0.3 is 5.32 Å². The summed E-state index contributed by atoms with van der Waals surface area (Å²) in [7, 11) is 1.97. The third-order valence-corrected chi connectivity index (χ3v) is 3.77. The molecule has 3 heteroatoms. The average Bonchev–Trinajstić information content (AvgIpc) is 2.31. The molecule has 0 heterocycles. The minimum Gasteiger partial charge on any atom is -0.317 e. The molecule has 0 aromatic heterocycles. The standard InChI is InChI=1S/C16H25ClFN/c1-11(19-5)7-6-8-12-9-13(16(2,3)4)15(18)14(17)10-12/h9-11,19H,6-8H2,1-5H3/t11-/m0/s1. The van der Waals surface area contributed by atoms with Gasteiger partial charge in [0.25, 0.3) is 0 Å². The zero-order chi connectivity index (χ0) is 14.6. The molecular weight excluding hydrogens is 261 g/mol. The van der Waals surface area contributed by atoms with E-state index in [-0.39, 0.29) is 16.3 Å². The first kappa shape index (κ1) is 16.5. The van der Waals surface area contributed by atoms with Gasteiger partial charge in [-0.05, 0) is 55.8 Å². The fraction of sp³-hybridized carbons (Fsp3) is 0.625. The number of aryl methyl sites for hydroxylation is 1. The molecular formula is C16H25ClFN. The third kappa shape index (κ3) is 4.77. The van der Waals surface area contributed by atoms with Gasteiger partial charge >= 0.3 is 0 Å². The highest BCUT2D eigenvalue weighted by atomic mass is 35.5. The van der Waals surface area contributed by atoms with Gasteiger partial charge in [-0.25, -0.2) is 4.39 Å². The lowest BCUT2D eigenvalue weighted by Crippen LogP contribution is -2.21. The van der Waals surface area contributed by atoms with Gasteiger partial charge in [0.05, 0.1) is 5.02 Å². The third-order valence-electron chi connectivity index (χ3n) is 3.49. The fourth-order valence-electron chi connectivity index (χ4n) is 2.09. The maximum atomic E-state index is 14.0. The summed E-state index contributed by atoms with van der Waals surface area (Å²) in [5.41, 5.74) is 1.61. The molecule has 19 heavy (non-hydrogen) atoms. The molecule has 0 saturated carbocycles. The van der Waals surface area contributed by atoms with Gasteiger partial charge in [-0.2, -0.15) is 0 Å². The van der Waals surface area contributed by atoms with Crippen LogP contribution in [0.5, 0.6) is 0 Å². The Labute approximate surface area is 121 Å². The molecule has 1 aromatic carbocycles. The van der Waals surface area contributed by atoms with E-state index in [0.29, 0.717) is 11.6 Å². The maximum absolute atomic E-state index is 14.0. The van der Waals surface area contributed by atoms with E-state index < -0.39 is 0 Å². The summed E-state index contributed by atoms with van der Waals surface area (Å²) >= 11 is 6.01. The Bertz CT molecular complexity index is 423. The van der Waals surface area contributed by atoms with Crippen LogP contribution in [0.15, 0.2) is 12.1 Å². The van der Waals surface area contributed by atoms with Gasteiger partial charge in [0.1, 0.15) is 5.82 Å². The van der Waals surface area contributed by atoms with Crippen LogP contribution in [0.4, 0.5) is 4.39 Å². The van der Waals surface area contributed by atoms with Crippen molar-refractivity contribution in [3.8, 4) is 0 Å². The molecule has 0 spiro atoms. The van der Waals surface area contributed by atoms with Crippen molar-refractivity contribution >= 4 is 11.6 Å². The van der Waals surface area contributed by atoms with Crippen molar-refractivity contribution < 1.29 is 4.39 Å². The molecule has 0 fully saturated rings. The molecule has 1 aromatic rings. The Morgan fingerprint density at radius 1 is 1.32 bits per heavy atom. The van der Waals surface area contributed by atoms with Crippen molar-refractivity contribution in [3.05, 3.63) is 34.1 Å². The summed E-state index contributed by atoms with van der Waals surface area (Å²) in [5.74, 6) is -0.276. The monoisotopic (exact) mass is 285 g/mol. The van der Waals surface area contributed by atoms with Gasteiger partial charge in [0, 0.05) is 6.04 Å². The quantitative estimate of drug-likeness (QED) is 0.826. The van der Waals surface area contributed by atoms with Crippen molar-refractivity contribution in [1.82, 2.24) is 5.32 Å². The predicted octanol–water partition coefficient (Wildman–Crippen LogP) is 4.71. The summed E-state index contributed by atoms with van der Waals surface area (Å²) in [5, 5.41) is 3.46. The van der Waals surface area contributed by atoms with E-state index in [4.69, 9.17) is 11.6 Å². The molecule has 108 valence electrons. The van der Waals surface area contributed by atoms with Crippen LogP contribution in [-0.4, -0.2) is 13.1 Å². The minimum absolute atomic E-state index is 0.220. The lowest BCUT2D eigenvalue weighted by molar-refractivity contribution is 0.519. The smallest absolute Gasteiger partial charge is 0.145 e. The first-order chi connectivity index (χ1) is 8.75. The molecule has 0 amide bonds.